The highest BCUT2D eigenvalue weighted by atomic mass is 16.7. The zero-order valence-electron chi connectivity index (χ0n) is 44.0. The van der Waals surface area contributed by atoms with E-state index < -0.39 is 84.3 Å². The van der Waals surface area contributed by atoms with Gasteiger partial charge in [0.25, 0.3) is 0 Å². The van der Waals surface area contributed by atoms with Gasteiger partial charge in [-0.15, -0.1) is 0 Å². The van der Waals surface area contributed by atoms with E-state index in [1.807, 2.05) is 20.8 Å². The minimum absolute atomic E-state index is 0.0332. The number of rotatable bonds is 36. The lowest BCUT2D eigenvalue weighted by Gasteiger charge is -2.43. The Morgan fingerprint density at radius 1 is 0.444 bits per heavy atom. The Morgan fingerprint density at radius 2 is 0.819 bits per heavy atom. The first-order valence-corrected chi connectivity index (χ1v) is 24.8. The molecular weight excluding hydrogens is 953 g/mol. The van der Waals surface area contributed by atoms with Crippen LogP contribution in [-0.2, 0) is 99.9 Å². The molecule has 11 atom stereocenters. The Bertz CT molecular complexity index is 1680. The summed E-state index contributed by atoms with van der Waals surface area (Å²) < 4.78 is 72.7. The van der Waals surface area contributed by atoms with Gasteiger partial charge < -0.3 is 77.0 Å². The van der Waals surface area contributed by atoms with Gasteiger partial charge in [-0.05, 0) is 31.6 Å². The number of ether oxygens (including phenoxy) is 13. The maximum Gasteiger partial charge on any atom is 0.303 e. The number of carbonyl (C=O) groups is 8. The van der Waals surface area contributed by atoms with E-state index in [0.717, 1.165) is 0 Å². The van der Waals surface area contributed by atoms with Crippen LogP contribution in [0.5, 0.6) is 0 Å². The van der Waals surface area contributed by atoms with E-state index in [0.29, 0.717) is 45.4 Å². The molecule has 72 heavy (non-hydrogen) atoms. The van der Waals surface area contributed by atoms with E-state index >= 15 is 0 Å². The van der Waals surface area contributed by atoms with Crippen LogP contribution in [0.2, 0.25) is 0 Å². The van der Waals surface area contributed by atoms with Crippen molar-refractivity contribution in [2.75, 3.05) is 92.4 Å². The first kappa shape index (κ1) is 63.8. The maximum absolute atomic E-state index is 12.7. The molecule has 414 valence electrons. The van der Waals surface area contributed by atoms with E-state index in [2.05, 4.69) is 10.6 Å². The number of esters is 5. The lowest BCUT2D eigenvalue weighted by Crippen LogP contribution is -2.58. The Balaban J connectivity index is 1.60. The van der Waals surface area contributed by atoms with Crippen molar-refractivity contribution < 1.29 is 99.9 Å². The second kappa shape index (κ2) is 34.9. The summed E-state index contributed by atoms with van der Waals surface area (Å²) in [6.45, 7) is 18.0. The van der Waals surface area contributed by atoms with E-state index in [-0.39, 0.29) is 115 Å². The normalized spacial score (nSPS) is 24.8. The van der Waals surface area contributed by atoms with Gasteiger partial charge >= 0.3 is 29.8 Å². The molecule has 2 saturated heterocycles. The average Bonchev–Trinajstić information content (AvgIpc) is 3.30. The quantitative estimate of drug-likeness (QED) is 0.0518. The molecule has 0 aromatic heterocycles. The zero-order chi connectivity index (χ0) is 53.6. The number of amides is 2. The fraction of sp³-hybridized carbons (Fsp3) is 0.837. The van der Waals surface area contributed by atoms with Gasteiger partial charge in [-0.3, -0.25) is 33.6 Å². The van der Waals surface area contributed by atoms with Gasteiger partial charge in [-0.1, -0.05) is 27.7 Å². The maximum atomic E-state index is 12.7. The molecule has 23 heteroatoms. The van der Waals surface area contributed by atoms with Crippen LogP contribution in [0.1, 0.15) is 108 Å². The predicted octanol–water partition coefficient (Wildman–Crippen LogP) is 2.53. The molecular formula is C49H82N2O21. The third kappa shape index (κ3) is 26.5. The summed E-state index contributed by atoms with van der Waals surface area (Å²) in [5.41, 5.74) is -0.421. The highest BCUT2D eigenvalue weighted by Crippen LogP contribution is 2.36. The molecule has 0 saturated carbocycles. The zero-order valence-corrected chi connectivity index (χ0v) is 44.0. The van der Waals surface area contributed by atoms with Gasteiger partial charge in [0, 0.05) is 84.7 Å². The van der Waals surface area contributed by atoms with Crippen molar-refractivity contribution in [3.05, 3.63) is 0 Å². The number of hydrogen-bond donors (Lipinski definition) is 2. The molecule has 0 aliphatic carbocycles. The molecule has 0 aromatic carbocycles. The summed E-state index contributed by atoms with van der Waals surface area (Å²) in [6.07, 6.45) is -3.37. The van der Waals surface area contributed by atoms with Crippen LogP contribution in [0.25, 0.3) is 0 Å². The lowest BCUT2D eigenvalue weighted by molar-refractivity contribution is -0.290. The van der Waals surface area contributed by atoms with Crippen molar-refractivity contribution in [1.29, 1.82) is 0 Å². The fourth-order valence-electron chi connectivity index (χ4n) is 7.90. The van der Waals surface area contributed by atoms with Gasteiger partial charge in [0.15, 0.2) is 18.7 Å². The Morgan fingerprint density at radius 3 is 1.25 bits per heavy atom. The second-order valence-corrected chi connectivity index (χ2v) is 18.4. The Labute approximate surface area is 423 Å². The molecule has 2 aliphatic rings. The predicted molar refractivity (Wildman–Crippen MR) is 252 cm³/mol. The van der Waals surface area contributed by atoms with E-state index in [4.69, 9.17) is 61.6 Å². The van der Waals surface area contributed by atoms with E-state index in [9.17, 15) is 38.4 Å². The van der Waals surface area contributed by atoms with Crippen molar-refractivity contribution in [3.8, 4) is 0 Å². The van der Waals surface area contributed by atoms with E-state index in [1.165, 1.54) is 41.5 Å². The van der Waals surface area contributed by atoms with Crippen molar-refractivity contribution in [3.63, 3.8) is 0 Å². The molecule has 2 fully saturated rings. The molecule has 0 radical (unpaired) electrons. The standard InChI is InChI=1S/C49H82N2O21/c1-31(52)11-14-49(10,15-12-42(58)50-17-19-60-21-23-62-25-27-64-47-33(3)32(2)44(68-37(7)55)40(71-47)29-66-35(5)53)16-13-43(59)51-18-20-61-22-24-63-26-28-65-48-34(4)45(69-38(8)56)46(70-39(9)57)41(72-48)30-67-36(6)54/h32-34,40-41,44-48H,11-30H2,1-10H3,(H,50,58)(H,51,59). The largest absolute Gasteiger partial charge is 0.463 e. The van der Waals surface area contributed by atoms with Gasteiger partial charge in [0.05, 0.1) is 66.1 Å². The first-order valence-electron chi connectivity index (χ1n) is 24.8. The highest BCUT2D eigenvalue weighted by Gasteiger charge is 2.49. The van der Waals surface area contributed by atoms with Crippen LogP contribution in [0.3, 0.4) is 0 Å². The summed E-state index contributed by atoms with van der Waals surface area (Å²) in [7, 11) is 0. The fourth-order valence-corrected chi connectivity index (χ4v) is 7.90. The monoisotopic (exact) mass is 1030 g/mol. The minimum atomic E-state index is -1.02. The molecule has 11 unspecified atom stereocenters. The molecule has 0 bridgehead atoms. The minimum Gasteiger partial charge on any atom is -0.463 e. The molecule has 2 heterocycles. The average molecular weight is 1040 g/mol. The van der Waals surface area contributed by atoms with Crippen molar-refractivity contribution in [1.82, 2.24) is 10.6 Å². The van der Waals surface area contributed by atoms with Gasteiger partial charge in [-0.2, -0.15) is 0 Å². The van der Waals surface area contributed by atoms with Crippen LogP contribution in [0, 0.1) is 23.2 Å². The van der Waals surface area contributed by atoms with Crippen molar-refractivity contribution in [2.45, 2.75) is 151 Å². The van der Waals surface area contributed by atoms with Crippen LogP contribution >= 0.6 is 0 Å². The van der Waals surface area contributed by atoms with Crippen molar-refractivity contribution >= 4 is 47.4 Å². The Hall–Kier alpha value is -4.36. The summed E-state index contributed by atoms with van der Waals surface area (Å²) in [6, 6.07) is 0. The summed E-state index contributed by atoms with van der Waals surface area (Å²) >= 11 is 0. The molecule has 2 amide bonds. The third-order valence-corrected chi connectivity index (χ3v) is 12.1. The molecule has 2 aliphatic heterocycles. The number of Topliss-reactive ketones (excluding diaryl/α,β-unsaturated/α-hetero) is 1. The number of hydrogen-bond acceptors (Lipinski definition) is 21. The molecule has 2 rings (SSSR count). The SMILES string of the molecule is CC(=O)CCC(C)(CCC(=O)NCCOCCOCCOC1OC(COC(C)=O)C(OC(C)=O)C(C)C1C)CCC(=O)NCCOCCOCCOC1OC(COC(C)=O)C(OC(C)=O)C(OC(C)=O)C1C. The number of nitrogens with one attached hydrogen (secondary N) is 2. The Kier molecular flexibility index (Phi) is 30.9. The highest BCUT2D eigenvalue weighted by molar-refractivity contribution is 5.77. The van der Waals surface area contributed by atoms with Crippen molar-refractivity contribution in [2.24, 2.45) is 23.2 Å². The van der Waals surface area contributed by atoms with Crippen LogP contribution < -0.4 is 10.6 Å². The van der Waals surface area contributed by atoms with Gasteiger partial charge in [-0.25, -0.2) is 0 Å². The van der Waals surface area contributed by atoms with Gasteiger partial charge in [0.2, 0.25) is 11.8 Å². The smallest absolute Gasteiger partial charge is 0.303 e. The summed E-state index contributed by atoms with van der Waals surface area (Å²) in [5, 5.41) is 5.70. The number of carbonyl (C=O) groups excluding carboxylic acids is 8. The third-order valence-electron chi connectivity index (χ3n) is 12.1. The summed E-state index contributed by atoms with van der Waals surface area (Å²) in [4.78, 5) is 95.6. The van der Waals surface area contributed by atoms with Crippen LogP contribution in [-0.4, -0.2) is 183 Å². The lowest BCUT2D eigenvalue weighted by atomic mass is 9.76. The van der Waals surface area contributed by atoms with Crippen LogP contribution in [0.15, 0.2) is 0 Å². The van der Waals surface area contributed by atoms with Crippen LogP contribution in [0.4, 0.5) is 0 Å². The second-order valence-electron chi connectivity index (χ2n) is 18.4. The summed E-state index contributed by atoms with van der Waals surface area (Å²) in [5.74, 6) is -3.78. The molecule has 0 aromatic rings. The first-order chi connectivity index (χ1) is 34.1. The van der Waals surface area contributed by atoms with Gasteiger partial charge in [0.1, 0.15) is 43.4 Å². The molecule has 23 nitrogen and oxygen atoms in total. The number of ketones is 1. The topological polar surface area (TPSA) is 281 Å². The van der Waals surface area contributed by atoms with E-state index in [1.54, 1.807) is 6.92 Å². The molecule has 0 spiro atoms. The molecule has 2 N–H and O–H groups in total.